The highest BCUT2D eigenvalue weighted by Crippen LogP contribution is 2.28. The molecule has 0 radical (unpaired) electrons. The van der Waals surface area contributed by atoms with Gasteiger partial charge in [-0.2, -0.15) is 0 Å². The molecule has 18 heavy (non-hydrogen) atoms. The van der Waals surface area contributed by atoms with Gasteiger partial charge >= 0.3 is 0 Å². The number of rotatable bonds is 4. The lowest BCUT2D eigenvalue weighted by Gasteiger charge is -2.04. The molecule has 1 aliphatic rings. The number of benzene rings is 1. The minimum absolute atomic E-state index is 0.682. The van der Waals surface area contributed by atoms with Gasteiger partial charge in [0.25, 0.3) is 0 Å². The van der Waals surface area contributed by atoms with Crippen LogP contribution >= 0.6 is 15.9 Å². The van der Waals surface area contributed by atoms with E-state index < -0.39 is 0 Å². The number of aromatic nitrogens is 1. The van der Waals surface area contributed by atoms with Crippen molar-refractivity contribution in [2.45, 2.75) is 32.4 Å². The number of hydrogen-bond donors (Lipinski definition) is 1. The summed E-state index contributed by atoms with van der Waals surface area (Å²) in [5.74, 6) is 0.874. The number of aryl methyl sites for hydroxylation is 1. The van der Waals surface area contributed by atoms with Gasteiger partial charge in [0.1, 0.15) is 5.69 Å². The summed E-state index contributed by atoms with van der Waals surface area (Å²) in [5.41, 5.74) is 3.27. The first-order valence-corrected chi connectivity index (χ1v) is 6.95. The van der Waals surface area contributed by atoms with E-state index in [9.17, 15) is 0 Å². The van der Waals surface area contributed by atoms with Crippen molar-refractivity contribution in [2.75, 3.05) is 0 Å². The van der Waals surface area contributed by atoms with Gasteiger partial charge in [-0.05, 0) is 37.5 Å². The van der Waals surface area contributed by atoms with E-state index in [4.69, 9.17) is 4.42 Å². The molecule has 0 amide bonds. The van der Waals surface area contributed by atoms with Crippen molar-refractivity contribution in [3.05, 3.63) is 40.3 Å². The van der Waals surface area contributed by atoms with Crippen LogP contribution in [0.5, 0.6) is 0 Å². The molecule has 1 saturated carbocycles. The Labute approximate surface area is 115 Å². The molecule has 3 rings (SSSR count). The highest BCUT2D eigenvalue weighted by molar-refractivity contribution is 9.10. The van der Waals surface area contributed by atoms with Gasteiger partial charge in [0.05, 0.1) is 0 Å². The van der Waals surface area contributed by atoms with Crippen molar-refractivity contribution in [3.63, 3.8) is 0 Å². The van der Waals surface area contributed by atoms with Crippen LogP contribution in [0.1, 0.15) is 24.1 Å². The maximum atomic E-state index is 5.53. The van der Waals surface area contributed by atoms with Gasteiger partial charge in [0, 0.05) is 22.6 Å². The summed E-state index contributed by atoms with van der Waals surface area (Å²) in [7, 11) is 0. The molecule has 0 spiro atoms. The Bertz CT molecular complexity index is 561. The number of halogens is 1. The zero-order valence-corrected chi connectivity index (χ0v) is 11.8. The fraction of sp³-hybridized carbons (Fsp3) is 0.357. The topological polar surface area (TPSA) is 38.1 Å². The van der Waals surface area contributed by atoms with Crippen LogP contribution in [0.15, 0.2) is 33.5 Å². The van der Waals surface area contributed by atoms with Gasteiger partial charge in [-0.15, -0.1) is 0 Å². The predicted molar refractivity (Wildman–Crippen MR) is 74.2 cm³/mol. The van der Waals surface area contributed by atoms with E-state index in [-0.39, 0.29) is 0 Å². The molecule has 1 aliphatic carbocycles. The van der Waals surface area contributed by atoms with E-state index >= 15 is 0 Å². The van der Waals surface area contributed by atoms with E-state index in [1.807, 2.05) is 6.07 Å². The van der Waals surface area contributed by atoms with Crippen LogP contribution in [0, 0.1) is 6.92 Å². The Balaban J connectivity index is 1.85. The maximum absolute atomic E-state index is 5.53. The second-order valence-corrected chi connectivity index (χ2v) is 5.60. The Kier molecular flexibility index (Phi) is 3.22. The van der Waals surface area contributed by atoms with Crippen LogP contribution in [0.3, 0.4) is 0 Å². The summed E-state index contributed by atoms with van der Waals surface area (Å²) >= 11 is 3.51. The fourth-order valence-electron chi connectivity index (χ4n) is 1.94. The minimum atomic E-state index is 0.682. The average molecular weight is 307 g/mol. The van der Waals surface area contributed by atoms with Gasteiger partial charge < -0.3 is 9.73 Å². The Morgan fingerprint density at radius 3 is 3.00 bits per heavy atom. The number of oxazole rings is 1. The first kappa shape index (κ1) is 11.9. The molecule has 0 saturated heterocycles. The third-order valence-electron chi connectivity index (χ3n) is 3.20. The van der Waals surface area contributed by atoms with Crippen molar-refractivity contribution in [1.29, 1.82) is 0 Å². The normalized spacial score (nSPS) is 15.0. The van der Waals surface area contributed by atoms with E-state index in [1.54, 1.807) is 0 Å². The summed E-state index contributed by atoms with van der Waals surface area (Å²) in [5, 5.41) is 3.46. The molecule has 1 aromatic heterocycles. The second kappa shape index (κ2) is 4.86. The van der Waals surface area contributed by atoms with Crippen LogP contribution in [-0.4, -0.2) is 11.0 Å². The van der Waals surface area contributed by atoms with Crippen molar-refractivity contribution >= 4 is 15.9 Å². The van der Waals surface area contributed by atoms with Crippen LogP contribution < -0.4 is 5.32 Å². The van der Waals surface area contributed by atoms with Crippen molar-refractivity contribution < 1.29 is 4.42 Å². The predicted octanol–water partition coefficient (Wildman–Crippen LogP) is 3.66. The maximum Gasteiger partial charge on any atom is 0.181 e. The van der Waals surface area contributed by atoms with Crippen molar-refractivity contribution in [3.8, 4) is 11.3 Å². The smallest absolute Gasteiger partial charge is 0.181 e. The molecule has 1 heterocycles. The van der Waals surface area contributed by atoms with Crippen LogP contribution in [0.2, 0.25) is 0 Å². The highest BCUT2D eigenvalue weighted by atomic mass is 79.9. The first-order valence-electron chi connectivity index (χ1n) is 6.16. The summed E-state index contributed by atoms with van der Waals surface area (Å²) in [6, 6.07) is 6.90. The molecule has 4 heteroatoms. The molecule has 0 bridgehead atoms. The molecule has 1 N–H and O–H groups in total. The molecule has 1 aromatic carbocycles. The van der Waals surface area contributed by atoms with Crippen molar-refractivity contribution in [2.24, 2.45) is 0 Å². The van der Waals surface area contributed by atoms with Crippen LogP contribution in [0.4, 0.5) is 0 Å². The molecule has 2 aromatic rings. The summed E-state index contributed by atoms with van der Waals surface area (Å²) in [6.45, 7) is 2.86. The second-order valence-electron chi connectivity index (χ2n) is 4.75. The molecule has 3 nitrogen and oxygen atoms in total. The van der Waals surface area contributed by atoms with E-state index in [0.717, 1.165) is 28.0 Å². The monoisotopic (exact) mass is 306 g/mol. The number of nitrogens with zero attached hydrogens (tertiary/aromatic N) is 1. The van der Waals surface area contributed by atoms with Gasteiger partial charge in [-0.25, -0.2) is 4.98 Å². The lowest BCUT2D eigenvalue weighted by Crippen LogP contribution is -2.15. The van der Waals surface area contributed by atoms with Gasteiger partial charge in [0.2, 0.25) is 0 Å². The van der Waals surface area contributed by atoms with Gasteiger partial charge in [-0.3, -0.25) is 0 Å². The zero-order valence-electron chi connectivity index (χ0n) is 10.2. The zero-order chi connectivity index (χ0) is 12.5. The Morgan fingerprint density at radius 1 is 1.44 bits per heavy atom. The van der Waals surface area contributed by atoms with E-state index in [0.29, 0.717) is 6.04 Å². The van der Waals surface area contributed by atoms with Crippen LogP contribution in [0.25, 0.3) is 11.3 Å². The average Bonchev–Trinajstić information content (AvgIpc) is 3.08. The molecular weight excluding hydrogens is 292 g/mol. The van der Waals surface area contributed by atoms with Gasteiger partial charge in [0.15, 0.2) is 12.2 Å². The lowest BCUT2D eigenvalue weighted by atomic mass is 10.1. The number of nitrogens with one attached hydrogen (secondary N) is 1. The van der Waals surface area contributed by atoms with Crippen LogP contribution in [-0.2, 0) is 6.54 Å². The molecule has 0 atom stereocenters. The van der Waals surface area contributed by atoms with Crippen molar-refractivity contribution in [1.82, 2.24) is 10.3 Å². The Morgan fingerprint density at radius 2 is 2.28 bits per heavy atom. The standard InChI is InChI=1S/C14H15BrN2O/c1-9-6-10(2-5-12(9)15)14-13(17-8-18-14)7-16-11-3-4-11/h2,5-6,8,11,16H,3-4,7H2,1H3. The SMILES string of the molecule is Cc1cc(-c2ocnc2CNC2CC2)ccc1Br. The molecule has 0 aliphatic heterocycles. The quantitative estimate of drug-likeness (QED) is 0.936. The summed E-state index contributed by atoms with van der Waals surface area (Å²) in [4.78, 5) is 4.30. The third-order valence-corrected chi connectivity index (χ3v) is 4.09. The van der Waals surface area contributed by atoms with E-state index in [2.05, 4.69) is 45.3 Å². The molecule has 1 fully saturated rings. The summed E-state index contributed by atoms with van der Waals surface area (Å²) < 4.78 is 6.65. The highest BCUT2D eigenvalue weighted by Gasteiger charge is 2.21. The molecule has 0 unspecified atom stereocenters. The first-order chi connectivity index (χ1) is 8.74. The third kappa shape index (κ3) is 2.49. The van der Waals surface area contributed by atoms with Gasteiger partial charge in [-0.1, -0.05) is 22.0 Å². The molecule has 94 valence electrons. The minimum Gasteiger partial charge on any atom is -0.443 e. The number of hydrogen-bond acceptors (Lipinski definition) is 3. The van der Waals surface area contributed by atoms with E-state index in [1.165, 1.54) is 24.8 Å². The fourth-order valence-corrected chi connectivity index (χ4v) is 2.19. The molecular formula is C14H15BrN2O. The lowest BCUT2D eigenvalue weighted by molar-refractivity contribution is 0.569. The Hall–Kier alpha value is -1.13. The largest absolute Gasteiger partial charge is 0.443 e. The summed E-state index contributed by atoms with van der Waals surface area (Å²) in [6.07, 6.45) is 4.09.